The Morgan fingerprint density at radius 2 is 1.80 bits per heavy atom. The van der Waals surface area contributed by atoms with Crippen molar-refractivity contribution in [1.82, 2.24) is 0 Å². The highest BCUT2D eigenvalue weighted by Gasteiger charge is 2.11. The van der Waals surface area contributed by atoms with Crippen molar-refractivity contribution in [1.29, 1.82) is 0 Å². The molecule has 0 saturated heterocycles. The SMILES string of the molecule is COC(=O)c1ccc(Sc2ccc(Cl)cc2)c(OC)c1. The molecule has 0 fully saturated rings. The molecule has 2 rings (SSSR count). The minimum Gasteiger partial charge on any atom is -0.496 e. The molecule has 0 amide bonds. The van der Waals surface area contributed by atoms with E-state index >= 15 is 0 Å². The Morgan fingerprint density at radius 1 is 1.10 bits per heavy atom. The van der Waals surface area contributed by atoms with Crippen molar-refractivity contribution in [3.05, 3.63) is 53.1 Å². The molecule has 0 aromatic heterocycles. The van der Waals surface area contributed by atoms with E-state index in [1.165, 1.54) is 18.9 Å². The van der Waals surface area contributed by atoms with Gasteiger partial charge in [0.25, 0.3) is 0 Å². The van der Waals surface area contributed by atoms with Gasteiger partial charge >= 0.3 is 5.97 Å². The van der Waals surface area contributed by atoms with Crippen LogP contribution in [-0.2, 0) is 4.74 Å². The van der Waals surface area contributed by atoms with E-state index in [2.05, 4.69) is 0 Å². The Hall–Kier alpha value is -1.65. The van der Waals surface area contributed by atoms with Crippen LogP contribution in [0.3, 0.4) is 0 Å². The number of hydrogen-bond donors (Lipinski definition) is 0. The van der Waals surface area contributed by atoms with E-state index in [4.69, 9.17) is 21.1 Å². The first-order chi connectivity index (χ1) is 9.63. The Balaban J connectivity index is 2.27. The maximum Gasteiger partial charge on any atom is 0.337 e. The third-order valence-corrected chi connectivity index (χ3v) is 3.94. The zero-order chi connectivity index (χ0) is 14.5. The van der Waals surface area contributed by atoms with Crippen LogP contribution in [0.2, 0.25) is 5.02 Å². The molecule has 0 spiro atoms. The zero-order valence-electron chi connectivity index (χ0n) is 11.1. The van der Waals surface area contributed by atoms with E-state index in [1.807, 2.05) is 30.3 Å². The molecule has 0 aliphatic rings. The molecular formula is C15H13ClO3S. The number of esters is 1. The molecular weight excluding hydrogens is 296 g/mol. The molecule has 0 bridgehead atoms. The van der Waals surface area contributed by atoms with Crippen molar-refractivity contribution in [2.45, 2.75) is 9.79 Å². The molecule has 0 heterocycles. The summed E-state index contributed by atoms with van der Waals surface area (Å²) in [5.41, 5.74) is 0.463. The minimum atomic E-state index is -0.383. The fourth-order valence-electron chi connectivity index (χ4n) is 1.63. The summed E-state index contributed by atoms with van der Waals surface area (Å²) in [5, 5.41) is 0.697. The predicted octanol–water partition coefficient (Wildman–Crippen LogP) is 4.29. The van der Waals surface area contributed by atoms with Crippen LogP contribution < -0.4 is 4.74 Å². The van der Waals surface area contributed by atoms with Crippen molar-refractivity contribution < 1.29 is 14.3 Å². The van der Waals surface area contributed by atoms with Gasteiger partial charge in [0, 0.05) is 9.92 Å². The number of benzene rings is 2. The normalized spacial score (nSPS) is 10.2. The van der Waals surface area contributed by atoms with Gasteiger partial charge in [-0.05, 0) is 42.5 Å². The third-order valence-electron chi connectivity index (χ3n) is 2.63. The van der Waals surface area contributed by atoms with E-state index in [9.17, 15) is 4.79 Å². The third kappa shape index (κ3) is 3.46. The summed E-state index contributed by atoms with van der Waals surface area (Å²) in [6, 6.07) is 12.8. The second-order valence-electron chi connectivity index (χ2n) is 3.91. The van der Waals surface area contributed by atoms with Gasteiger partial charge in [-0.1, -0.05) is 23.4 Å². The molecule has 2 aromatic rings. The van der Waals surface area contributed by atoms with Crippen LogP contribution in [0.1, 0.15) is 10.4 Å². The lowest BCUT2D eigenvalue weighted by atomic mass is 10.2. The van der Waals surface area contributed by atoms with E-state index in [0.717, 1.165) is 9.79 Å². The van der Waals surface area contributed by atoms with Crippen LogP contribution in [-0.4, -0.2) is 20.2 Å². The number of carbonyl (C=O) groups excluding carboxylic acids is 1. The summed E-state index contributed by atoms with van der Waals surface area (Å²) in [6.07, 6.45) is 0. The van der Waals surface area contributed by atoms with E-state index in [1.54, 1.807) is 19.2 Å². The first-order valence-electron chi connectivity index (χ1n) is 5.84. The van der Waals surface area contributed by atoms with Crippen LogP contribution in [0.25, 0.3) is 0 Å². The van der Waals surface area contributed by atoms with Crippen LogP contribution in [0.15, 0.2) is 52.3 Å². The summed E-state index contributed by atoms with van der Waals surface area (Å²) < 4.78 is 10.0. The Morgan fingerprint density at radius 3 is 2.40 bits per heavy atom. The lowest BCUT2D eigenvalue weighted by molar-refractivity contribution is 0.0600. The maximum atomic E-state index is 11.5. The lowest BCUT2D eigenvalue weighted by Gasteiger charge is -2.09. The van der Waals surface area contributed by atoms with Gasteiger partial charge in [0.2, 0.25) is 0 Å². The van der Waals surface area contributed by atoms with Crippen LogP contribution in [0, 0.1) is 0 Å². The number of halogens is 1. The molecule has 0 unspecified atom stereocenters. The van der Waals surface area contributed by atoms with E-state index < -0.39 is 0 Å². The molecule has 5 heteroatoms. The van der Waals surface area contributed by atoms with Crippen molar-refractivity contribution in [2.24, 2.45) is 0 Å². The zero-order valence-corrected chi connectivity index (χ0v) is 12.6. The molecule has 0 atom stereocenters. The average molecular weight is 309 g/mol. The summed E-state index contributed by atoms with van der Waals surface area (Å²) in [7, 11) is 2.92. The van der Waals surface area contributed by atoms with E-state index in [0.29, 0.717) is 16.3 Å². The van der Waals surface area contributed by atoms with Gasteiger partial charge in [-0.3, -0.25) is 0 Å². The fourth-order valence-corrected chi connectivity index (χ4v) is 2.66. The Kier molecular flexibility index (Phi) is 4.93. The fraction of sp³-hybridized carbons (Fsp3) is 0.133. The monoisotopic (exact) mass is 308 g/mol. The molecule has 0 N–H and O–H groups in total. The maximum absolute atomic E-state index is 11.5. The first kappa shape index (κ1) is 14.8. The highest BCUT2D eigenvalue weighted by Crippen LogP contribution is 2.35. The van der Waals surface area contributed by atoms with Crippen LogP contribution in [0.4, 0.5) is 0 Å². The van der Waals surface area contributed by atoms with Gasteiger partial charge in [0.1, 0.15) is 5.75 Å². The number of carbonyl (C=O) groups is 1. The molecule has 104 valence electrons. The van der Waals surface area contributed by atoms with E-state index in [-0.39, 0.29) is 5.97 Å². The number of hydrogen-bond acceptors (Lipinski definition) is 4. The quantitative estimate of drug-likeness (QED) is 0.790. The average Bonchev–Trinajstić information content (AvgIpc) is 2.49. The van der Waals surface area contributed by atoms with Gasteiger partial charge in [-0.2, -0.15) is 0 Å². The van der Waals surface area contributed by atoms with Gasteiger partial charge in [0.05, 0.1) is 24.7 Å². The lowest BCUT2D eigenvalue weighted by Crippen LogP contribution is -2.01. The topological polar surface area (TPSA) is 35.5 Å². The van der Waals surface area contributed by atoms with Gasteiger partial charge < -0.3 is 9.47 Å². The standard InChI is InChI=1S/C15H13ClO3S/c1-18-13-9-10(15(17)19-2)3-8-14(13)20-12-6-4-11(16)5-7-12/h3-9H,1-2H3. The second-order valence-corrected chi connectivity index (χ2v) is 5.46. The van der Waals surface area contributed by atoms with Crippen molar-refractivity contribution in [3.63, 3.8) is 0 Å². The Bertz CT molecular complexity index is 611. The molecule has 0 radical (unpaired) electrons. The van der Waals surface area contributed by atoms with Crippen LogP contribution >= 0.6 is 23.4 Å². The second kappa shape index (κ2) is 6.68. The number of rotatable bonds is 4. The number of ether oxygens (including phenoxy) is 2. The molecule has 0 aliphatic heterocycles. The summed E-state index contributed by atoms with van der Waals surface area (Å²) in [4.78, 5) is 13.4. The van der Waals surface area contributed by atoms with Gasteiger partial charge in [-0.25, -0.2) is 4.79 Å². The summed E-state index contributed by atoms with van der Waals surface area (Å²) in [5.74, 6) is 0.249. The molecule has 0 saturated carbocycles. The smallest absolute Gasteiger partial charge is 0.337 e. The first-order valence-corrected chi connectivity index (χ1v) is 7.03. The highest BCUT2D eigenvalue weighted by atomic mass is 35.5. The molecule has 3 nitrogen and oxygen atoms in total. The predicted molar refractivity (Wildman–Crippen MR) is 79.9 cm³/mol. The largest absolute Gasteiger partial charge is 0.496 e. The van der Waals surface area contributed by atoms with Crippen molar-refractivity contribution in [2.75, 3.05) is 14.2 Å². The summed E-state index contributed by atoms with van der Waals surface area (Å²) >= 11 is 7.40. The summed E-state index contributed by atoms with van der Waals surface area (Å²) in [6.45, 7) is 0. The molecule has 20 heavy (non-hydrogen) atoms. The Labute approximate surface area is 126 Å². The minimum absolute atomic E-state index is 0.383. The van der Waals surface area contributed by atoms with Gasteiger partial charge in [-0.15, -0.1) is 0 Å². The molecule has 2 aromatic carbocycles. The van der Waals surface area contributed by atoms with Crippen molar-refractivity contribution >= 4 is 29.3 Å². The van der Waals surface area contributed by atoms with Crippen LogP contribution in [0.5, 0.6) is 5.75 Å². The highest BCUT2D eigenvalue weighted by molar-refractivity contribution is 7.99. The van der Waals surface area contributed by atoms with Crippen molar-refractivity contribution in [3.8, 4) is 5.75 Å². The number of methoxy groups -OCH3 is 2. The van der Waals surface area contributed by atoms with Gasteiger partial charge in [0.15, 0.2) is 0 Å². The molecule has 0 aliphatic carbocycles.